The molecule has 0 spiro atoms. The molecule has 1 aliphatic heterocycles. The van der Waals surface area contributed by atoms with Gasteiger partial charge in [0.2, 0.25) is 0 Å². The summed E-state index contributed by atoms with van der Waals surface area (Å²) in [7, 11) is -4.75. The lowest BCUT2D eigenvalue weighted by Gasteiger charge is -2.22. The molecule has 6 N–H and O–H groups in total. The highest BCUT2D eigenvalue weighted by atomic mass is 31.2. The third kappa shape index (κ3) is 3.70. The third-order valence-electron chi connectivity index (χ3n) is 3.23. The second-order valence-electron chi connectivity index (χ2n) is 5.04. The number of hydrogen-bond acceptors (Lipinski definition) is 7. The monoisotopic (exact) mass is 337 g/mol. The third-order valence-corrected chi connectivity index (χ3v) is 3.72. The van der Waals surface area contributed by atoms with Crippen LogP contribution in [0.3, 0.4) is 0 Å². The molecule has 22 heavy (non-hydrogen) atoms. The van der Waals surface area contributed by atoms with E-state index in [1.807, 2.05) is 0 Å². The van der Waals surface area contributed by atoms with Crippen molar-refractivity contribution >= 4 is 7.82 Å². The number of H-pyrrole nitrogens is 1. The van der Waals surface area contributed by atoms with Crippen molar-refractivity contribution < 1.29 is 28.7 Å². The minimum Gasteiger partial charge on any atom is -0.373 e. The van der Waals surface area contributed by atoms with Gasteiger partial charge in [-0.05, 0) is 6.92 Å². The molecule has 0 amide bonds. The van der Waals surface area contributed by atoms with Crippen molar-refractivity contribution in [3.05, 3.63) is 32.6 Å². The van der Waals surface area contributed by atoms with Gasteiger partial charge in [-0.3, -0.25) is 18.9 Å². The number of phosphoric ester groups is 1. The molecule has 1 aromatic heterocycles. The molecule has 1 aliphatic rings. The van der Waals surface area contributed by atoms with Crippen LogP contribution in [-0.2, 0) is 13.8 Å². The van der Waals surface area contributed by atoms with Crippen LogP contribution in [0.25, 0.3) is 0 Å². The summed E-state index contributed by atoms with van der Waals surface area (Å²) in [5.41, 5.74) is 2.59. The van der Waals surface area contributed by atoms with E-state index in [1.54, 1.807) is 0 Å². The van der Waals surface area contributed by atoms with Crippen molar-refractivity contribution in [3.63, 3.8) is 0 Å². The second kappa shape index (κ2) is 5.70. The fraction of sp³-hybridized carbons (Fsp3) is 0.600. The van der Waals surface area contributed by atoms with Crippen LogP contribution in [0.5, 0.6) is 0 Å². The summed E-state index contributed by atoms with van der Waals surface area (Å²) in [6, 6.07) is 0. The van der Waals surface area contributed by atoms with Crippen LogP contribution < -0.4 is 17.0 Å². The first kappa shape index (κ1) is 17.0. The molecule has 0 aromatic carbocycles. The van der Waals surface area contributed by atoms with Crippen LogP contribution in [-0.4, -0.2) is 42.9 Å². The molecule has 0 unspecified atom stereocenters. The fourth-order valence-corrected chi connectivity index (χ4v) is 2.41. The number of aryl methyl sites for hydroxylation is 1. The van der Waals surface area contributed by atoms with Gasteiger partial charge in [0.05, 0.1) is 6.61 Å². The predicted molar refractivity (Wildman–Crippen MR) is 71.7 cm³/mol. The standard InChI is InChI=1S/C10H16N3O8P/c1-5-3-13(9(15)12-8(5)14)7-2-10(11,16)6(21-7)4-20-22(17,18)19/h3,6-7,16H,2,4,11H2,1H3,(H,12,14,15)(H2,17,18,19)/t6-,7-,10+/m1/s1. The first-order chi connectivity index (χ1) is 9.99. The summed E-state index contributed by atoms with van der Waals surface area (Å²) < 4.78 is 21.3. The number of phosphoric acid groups is 1. The van der Waals surface area contributed by atoms with Gasteiger partial charge in [-0.1, -0.05) is 0 Å². The van der Waals surface area contributed by atoms with Crippen LogP contribution in [0, 0.1) is 6.92 Å². The lowest BCUT2D eigenvalue weighted by Crippen LogP contribution is -2.49. The van der Waals surface area contributed by atoms with Gasteiger partial charge in [0.25, 0.3) is 5.56 Å². The van der Waals surface area contributed by atoms with Crippen molar-refractivity contribution in [2.24, 2.45) is 5.73 Å². The molecule has 124 valence electrons. The molecule has 0 radical (unpaired) electrons. The summed E-state index contributed by atoms with van der Waals surface area (Å²) in [5, 5.41) is 10.0. The number of rotatable bonds is 4. The maximum atomic E-state index is 11.8. The molecule has 1 fully saturated rings. The van der Waals surface area contributed by atoms with Crippen molar-refractivity contribution in [1.82, 2.24) is 9.55 Å². The second-order valence-corrected chi connectivity index (χ2v) is 6.28. The van der Waals surface area contributed by atoms with Crippen LogP contribution in [0.15, 0.2) is 15.8 Å². The number of hydrogen-bond donors (Lipinski definition) is 5. The molecule has 11 nitrogen and oxygen atoms in total. The molecule has 0 aliphatic carbocycles. The summed E-state index contributed by atoms with van der Waals surface area (Å²) in [4.78, 5) is 42.5. The maximum Gasteiger partial charge on any atom is 0.469 e. The normalized spacial score (nSPS) is 29.0. The Hall–Kier alpha value is -1.33. The number of aromatic amines is 1. The van der Waals surface area contributed by atoms with E-state index in [4.69, 9.17) is 20.3 Å². The zero-order chi connectivity index (χ0) is 16.7. The lowest BCUT2D eigenvalue weighted by atomic mass is 10.1. The van der Waals surface area contributed by atoms with Crippen molar-refractivity contribution in [2.45, 2.75) is 31.4 Å². The number of aliphatic hydroxyl groups is 1. The molecule has 12 heteroatoms. The van der Waals surface area contributed by atoms with E-state index < -0.39 is 43.7 Å². The Morgan fingerprint density at radius 3 is 2.82 bits per heavy atom. The van der Waals surface area contributed by atoms with E-state index >= 15 is 0 Å². The maximum absolute atomic E-state index is 11.8. The van der Waals surface area contributed by atoms with E-state index in [-0.39, 0.29) is 12.0 Å². The quantitative estimate of drug-likeness (QED) is 0.304. The Balaban J connectivity index is 2.23. The molecule has 3 atom stereocenters. The SMILES string of the molecule is Cc1cn([C@H]2C[C@](N)(O)[C@@H](COP(=O)(O)O)O2)c(=O)[nH]c1=O. The summed E-state index contributed by atoms with van der Waals surface area (Å²) in [5.74, 6) is 0. The summed E-state index contributed by atoms with van der Waals surface area (Å²) >= 11 is 0. The van der Waals surface area contributed by atoms with Gasteiger partial charge in [-0.25, -0.2) is 9.36 Å². The molecular formula is C10H16N3O8P. The van der Waals surface area contributed by atoms with Gasteiger partial charge in [0.15, 0.2) is 0 Å². The molecule has 1 saturated heterocycles. The minimum absolute atomic E-state index is 0.229. The topological polar surface area (TPSA) is 177 Å². The van der Waals surface area contributed by atoms with E-state index in [2.05, 4.69) is 9.51 Å². The highest BCUT2D eigenvalue weighted by molar-refractivity contribution is 7.46. The number of aromatic nitrogens is 2. The van der Waals surface area contributed by atoms with Gasteiger partial charge in [0.1, 0.15) is 18.1 Å². The smallest absolute Gasteiger partial charge is 0.373 e. The van der Waals surface area contributed by atoms with Crippen LogP contribution >= 0.6 is 7.82 Å². The van der Waals surface area contributed by atoms with Gasteiger partial charge in [0, 0.05) is 18.2 Å². The molecule has 0 saturated carbocycles. The van der Waals surface area contributed by atoms with E-state index in [9.17, 15) is 19.3 Å². The van der Waals surface area contributed by atoms with Gasteiger partial charge < -0.3 is 25.4 Å². The lowest BCUT2D eigenvalue weighted by molar-refractivity contribution is -0.0787. The molecule has 2 rings (SSSR count). The summed E-state index contributed by atoms with van der Waals surface area (Å²) in [6.07, 6.45) is -1.26. The van der Waals surface area contributed by atoms with E-state index in [0.29, 0.717) is 0 Å². The Morgan fingerprint density at radius 1 is 1.59 bits per heavy atom. The Kier molecular flexibility index (Phi) is 4.42. The van der Waals surface area contributed by atoms with Crippen molar-refractivity contribution in [3.8, 4) is 0 Å². The van der Waals surface area contributed by atoms with Gasteiger partial charge >= 0.3 is 13.5 Å². The average molecular weight is 337 g/mol. The predicted octanol–water partition coefficient (Wildman–Crippen LogP) is -2.11. The van der Waals surface area contributed by atoms with Gasteiger partial charge in [-0.15, -0.1) is 0 Å². The van der Waals surface area contributed by atoms with Crippen molar-refractivity contribution in [1.29, 1.82) is 0 Å². The summed E-state index contributed by atoms with van der Waals surface area (Å²) in [6.45, 7) is 0.817. The Labute approximate surface area is 123 Å². The molecule has 0 bridgehead atoms. The van der Waals surface area contributed by atoms with E-state index in [0.717, 1.165) is 4.57 Å². The highest BCUT2D eigenvalue weighted by Gasteiger charge is 2.46. The number of nitrogens with one attached hydrogen (secondary N) is 1. The fourth-order valence-electron chi connectivity index (χ4n) is 2.08. The number of ether oxygens (including phenoxy) is 1. The van der Waals surface area contributed by atoms with Gasteiger partial charge in [-0.2, -0.15) is 0 Å². The largest absolute Gasteiger partial charge is 0.469 e. The first-order valence-electron chi connectivity index (χ1n) is 6.18. The van der Waals surface area contributed by atoms with Crippen LogP contribution in [0.2, 0.25) is 0 Å². The minimum atomic E-state index is -4.75. The zero-order valence-corrected chi connectivity index (χ0v) is 12.4. The first-order valence-corrected chi connectivity index (χ1v) is 7.71. The highest BCUT2D eigenvalue weighted by Crippen LogP contribution is 2.39. The molecular weight excluding hydrogens is 321 g/mol. The molecule has 2 heterocycles. The van der Waals surface area contributed by atoms with E-state index in [1.165, 1.54) is 13.1 Å². The van der Waals surface area contributed by atoms with Crippen LogP contribution in [0.4, 0.5) is 0 Å². The Bertz CT molecular complexity index is 720. The molecule has 1 aromatic rings. The average Bonchev–Trinajstić information content (AvgIpc) is 2.65. The Morgan fingerprint density at radius 2 is 2.23 bits per heavy atom. The number of nitrogens with zero attached hydrogens (tertiary/aromatic N) is 1. The van der Waals surface area contributed by atoms with Crippen LogP contribution in [0.1, 0.15) is 18.2 Å². The zero-order valence-electron chi connectivity index (χ0n) is 11.5. The van der Waals surface area contributed by atoms with Crippen molar-refractivity contribution in [2.75, 3.05) is 6.61 Å². The number of nitrogens with two attached hydrogens (primary N) is 1.